The average molecular weight is 274 g/mol. The van der Waals surface area contributed by atoms with Crippen molar-refractivity contribution in [2.45, 2.75) is 31.5 Å². The van der Waals surface area contributed by atoms with Crippen LogP contribution in [0.15, 0.2) is 24.5 Å². The van der Waals surface area contributed by atoms with Crippen molar-refractivity contribution in [1.82, 2.24) is 20.5 Å². The molecule has 1 atom stereocenters. The fourth-order valence-corrected chi connectivity index (χ4v) is 2.40. The molecule has 2 heterocycles. The molecule has 1 unspecified atom stereocenters. The minimum atomic E-state index is -0.315. The Bertz CT molecular complexity index is 491. The summed E-state index contributed by atoms with van der Waals surface area (Å²) in [6.45, 7) is 1.17. The number of rotatable bonds is 4. The van der Waals surface area contributed by atoms with E-state index in [1.165, 1.54) is 0 Å². The van der Waals surface area contributed by atoms with E-state index >= 15 is 0 Å². The first-order chi connectivity index (χ1) is 9.74. The number of carbonyl (C=O) groups excluding carboxylic acids is 2. The minimum Gasteiger partial charge on any atom is -0.353 e. The van der Waals surface area contributed by atoms with Crippen LogP contribution in [0, 0.1) is 0 Å². The average Bonchev–Trinajstić information content (AvgIpc) is 3.30. The van der Waals surface area contributed by atoms with E-state index in [0.29, 0.717) is 19.1 Å². The molecule has 2 fully saturated rings. The predicted molar refractivity (Wildman–Crippen MR) is 72.6 cm³/mol. The molecular formula is C14H18N4O2. The van der Waals surface area contributed by atoms with Crippen molar-refractivity contribution < 1.29 is 9.59 Å². The summed E-state index contributed by atoms with van der Waals surface area (Å²) in [5, 5.41) is 5.73. The van der Waals surface area contributed by atoms with Crippen LogP contribution in [-0.2, 0) is 16.1 Å². The lowest BCUT2D eigenvalue weighted by atomic mass is 10.1. The summed E-state index contributed by atoms with van der Waals surface area (Å²) in [6, 6.07) is 3.88. The van der Waals surface area contributed by atoms with E-state index in [0.717, 1.165) is 18.4 Å². The van der Waals surface area contributed by atoms with E-state index in [2.05, 4.69) is 15.6 Å². The Hall–Kier alpha value is -1.95. The van der Waals surface area contributed by atoms with Crippen molar-refractivity contribution in [3.8, 4) is 0 Å². The van der Waals surface area contributed by atoms with Crippen LogP contribution in [0.25, 0.3) is 0 Å². The highest BCUT2D eigenvalue weighted by atomic mass is 16.2. The van der Waals surface area contributed by atoms with Gasteiger partial charge in [0.25, 0.3) is 0 Å². The molecule has 1 aromatic heterocycles. The van der Waals surface area contributed by atoms with Gasteiger partial charge < -0.3 is 10.2 Å². The Morgan fingerprint density at radius 2 is 2.30 bits per heavy atom. The van der Waals surface area contributed by atoms with Gasteiger partial charge in [-0.3, -0.25) is 19.9 Å². The zero-order valence-electron chi connectivity index (χ0n) is 11.2. The number of hydrogen-bond donors (Lipinski definition) is 2. The lowest BCUT2D eigenvalue weighted by molar-refractivity contribution is -0.136. The van der Waals surface area contributed by atoms with Crippen molar-refractivity contribution in [3.05, 3.63) is 30.1 Å². The van der Waals surface area contributed by atoms with E-state index < -0.39 is 0 Å². The molecule has 0 spiro atoms. The Labute approximate surface area is 117 Å². The first-order valence-corrected chi connectivity index (χ1v) is 6.93. The number of hydrogen-bond acceptors (Lipinski definition) is 4. The SMILES string of the molecule is O=C1CNC(C(=O)N(Cc2cccnc2)C2CC2)CN1. The van der Waals surface area contributed by atoms with Crippen molar-refractivity contribution in [2.75, 3.05) is 13.1 Å². The number of amides is 2. The Kier molecular flexibility index (Phi) is 3.64. The fraction of sp³-hybridized carbons (Fsp3) is 0.500. The largest absolute Gasteiger partial charge is 0.353 e. The highest BCUT2D eigenvalue weighted by Gasteiger charge is 2.36. The maximum absolute atomic E-state index is 12.6. The molecule has 2 amide bonds. The highest BCUT2D eigenvalue weighted by Crippen LogP contribution is 2.28. The Morgan fingerprint density at radius 3 is 2.90 bits per heavy atom. The predicted octanol–water partition coefficient (Wildman–Crippen LogP) is -0.339. The third-order valence-electron chi connectivity index (χ3n) is 3.66. The normalized spacial score (nSPS) is 22.2. The zero-order chi connectivity index (χ0) is 13.9. The summed E-state index contributed by atoms with van der Waals surface area (Å²) in [6.07, 6.45) is 5.64. The van der Waals surface area contributed by atoms with Gasteiger partial charge in [-0.05, 0) is 24.5 Å². The molecule has 1 saturated carbocycles. The van der Waals surface area contributed by atoms with Crippen molar-refractivity contribution in [1.29, 1.82) is 0 Å². The van der Waals surface area contributed by atoms with Crippen molar-refractivity contribution in [2.24, 2.45) is 0 Å². The summed E-state index contributed by atoms with van der Waals surface area (Å²) in [5.74, 6) is 0.00985. The molecule has 1 aromatic rings. The molecular weight excluding hydrogens is 256 g/mol. The van der Waals surface area contributed by atoms with Gasteiger partial charge in [-0.2, -0.15) is 0 Å². The summed E-state index contributed by atoms with van der Waals surface area (Å²) in [4.78, 5) is 29.7. The number of nitrogens with one attached hydrogen (secondary N) is 2. The molecule has 20 heavy (non-hydrogen) atoms. The van der Waals surface area contributed by atoms with Gasteiger partial charge in [0.15, 0.2) is 0 Å². The molecule has 1 aliphatic carbocycles. The summed E-state index contributed by atoms with van der Waals surface area (Å²) in [5.41, 5.74) is 1.03. The van der Waals surface area contributed by atoms with Gasteiger partial charge in [-0.15, -0.1) is 0 Å². The molecule has 6 nitrogen and oxygen atoms in total. The van der Waals surface area contributed by atoms with E-state index in [1.807, 2.05) is 17.0 Å². The molecule has 1 aliphatic heterocycles. The topological polar surface area (TPSA) is 74.3 Å². The van der Waals surface area contributed by atoms with Crippen LogP contribution in [0.4, 0.5) is 0 Å². The van der Waals surface area contributed by atoms with Gasteiger partial charge in [0.05, 0.1) is 6.54 Å². The van der Waals surface area contributed by atoms with Crippen LogP contribution in [0.3, 0.4) is 0 Å². The van der Waals surface area contributed by atoms with E-state index in [9.17, 15) is 9.59 Å². The van der Waals surface area contributed by atoms with Crippen LogP contribution in [-0.4, -0.2) is 46.9 Å². The van der Waals surface area contributed by atoms with Gasteiger partial charge >= 0.3 is 0 Å². The fourth-order valence-electron chi connectivity index (χ4n) is 2.40. The monoisotopic (exact) mass is 274 g/mol. The van der Waals surface area contributed by atoms with Crippen LogP contribution in [0.1, 0.15) is 18.4 Å². The van der Waals surface area contributed by atoms with Gasteiger partial charge in [0, 0.05) is 31.5 Å². The van der Waals surface area contributed by atoms with E-state index in [-0.39, 0.29) is 24.4 Å². The van der Waals surface area contributed by atoms with E-state index in [1.54, 1.807) is 12.4 Å². The zero-order valence-corrected chi connectivity index (χ0v) is 11.2. The Morgan fingerprint density at radius 1 is 1.45 bits per heavy atom. The number of aromatic nitrogens is 1. The third kappa shape index (κ3) is 2.96. The molecule has 1 saturated heterocycles. The molecule has 0 radical (unpaired) electrons. The number of carbonyl (C=O) groups is 2. The number of piperazine rings is 1. The van der Waals surface area contributed by atoms with Crippen molar-refractivity contribution in [3.63, 3.8) is 0 Å². The number of nitrogens with zero attached hydrogens (tertiary/aromatic N) is 2. The first-order valence-electron chi connectivity index (χ1n) is 6.93. The van der Waals surface area contributed by atoms with Gasteiger partial charge in [-0.1, -0.05) is 6.07 Å². The smallest absolute Gasteiger partial charge is 0.242 e. The third-order valence-corrected chi connectivity index (χ3v) is 3.66. The maximum Gasteiger partial charge on any atom is 0.242 e. The standard InChI is InChI=1S/C14H18N4O2/c19-13-8-16-12(7-17-13)14(20)18(11-3-4-11)9-10-2-1-5-15-6-10/h1-2,5-6,11-12,16H,3-4,7-9H2,(H,17,19). The van der Waals surface area contributed by atoms with E-state index in [4.69, 9.17) is 0 Å². The van der Waals surface area contributed by atoms with Crippen LogP contribution < -0.4 is 10.6 Å². The minimum absolute atomic E-state index is 0.0562. The van der Waals surface area contributed by atoms with Gasteiger partial charge in [0.2, 0.25) is 11.8 Å². The lowest BCUT2D eigenvalue weighted by Crippen LogP contribution is -2.58. The second-order valence-electron chi connectivity index (χ2n) is 5.30. The lowest BCUT2D eigenvalue weighted by Gasteiger charge is -2.30. The van der Waals surface area contributed by atoms with Gasteiger partial charge in [0.1, 0.15) is 6.04 Å². The molecule has 2 N–H and O–H groups in total. The second kappa shape index (κ2) is 5.58. The first kappa shape index (κ1) is 13.1. The summed E-state index contributed by atoms with van der Waals surface area (Å²) in [7, 11) is 0. The van der Waals surface area contributed by atoms with Gasteiger partial charge in [-0.25, -0.2) is 0 Å². The number of pyridine rings is 1. The highest BCUT2D eigenvalue weighted by molar-refractivity contribution is 5.87. The summed E-state index contributed by atoms with van der Waals surface area (Å²) < 4.78 is 0. The molecule has 3 rings (SSSR count). The summed E-state index contributed by atoms with van der Waals surface area (Å²) >= 11 is 0. The molecule has 0 bridgehead atoms. The second-order valence-corrected chi connectivity index (χ2v) is 5.30. The molecule has 0 aromatic carbocycles. The van der Waals surface area contributed by atoms with Crippen LogP contribution in [0.5, 0.6) is 0 Å². The molecule has 2 aliphatic rings. The maximum atomic E-state index is 12.6. The molecule has 106 valence electrons. The quantitative estimate of drug-likeness (QED) is 0.788. The van der Waals surface area contributed by atoms with Crippen LogP contribution >= 0.6 is 0 Å². The van der Waals surface area contributed by atoms with Crippen LogP contribution in [0.2, 0.25) is 0 Å². The Balaban J connectivity index is 1.67. The molecule has 6 heteroatoms. The van der Waals surface area contributed by atoms with Crippen molar-refractivity contribution >= 4 is 11.8 Å².